The lowest BCUT2D eigenvalue weighted by Crippen LogP contribution is -2.54. The van der Waals surface area contributed by atoms with Crippen molar-refractivity contribution in [3.05, 3.63) is 0 Å². The lowest BCUT2D eigenvalue weighted by molar-refractivity contribution is -0.141. The first kappa shape index (κ1) is 16.2. The van der Waals surface area contributed by atoms with E-state index >= 15 is 0 Å². The standard InChI is InChI=1S/C13H23N3O4S/c1-21(19,20)9-4-11(14)13(18)16-7-5-15(6-8-16)12(17)10-2-3-10/h10-11H,2-9,14H2,1H3. The number of piperazine rings is 1. The van der Waals surface area contributed by atoms with Crippen LogP contribution in [0.15, 0.2) is 0 Å². The number of sulfone groups is 1. The second-order valence-corrected chi connectivity index (χ2v) is 8.21. The molecule has 1 saturated heterocycles. The van der Waals surface area contributed by atoms with Crippen LogP contribution in [0.4, 0.5) is 0 Å². The topological polar surface area (TPSA) is 101 Å². The maximum atomic E-state index is 12.1. The largest absolute Gasteiger partial charge is 0.339 e. The van der Waals surface area contributed by atoms with Gasteiger partial charge < -0.3 is 15.5 Å². The summed E-state index contributed by atoms with van der Waals surface area (Å²) in [7, 11) is -3.11. The van der Waals surface area contributed by atoms with Crippen LogP contribution < -0.4 is 5.73 Å². The summed E-state index contributed by atoms with van der Waals surface area (Å²) in [4.78, 5) is 27.5. The minimum absolute atomic E-state index is 0.0833. The van der Waals surface area contributed by atoms with Gasteiger partial charge in [0.05, 0.1) is 11.8 Å². The van der Waals surface area contributed by atoms with E-state index in [0.717, 1.165) is 19.1 Å². The van der Waals surface area contributed by atoms with Gasteiger partial charge in [0.15, 0.2) is 0 Å². The van der Waals surface area contributed by atoms with E-state index in [1.165, 1.54) is 0 Å². The molecule has 2 N–H and O–H groups in total. The van der Waals surface area contributed by atoms with E-state index in [0.29, 0.717) is 26.2 Å². The summed E-state index contributed by atoms with van der Waals surface area (Å²) in [6.45, 7) is 2.04. The molecule has 1 unspecified atom stereocenters. The van der Waals surface area contributed by atoms with Crippen LogP contribution in [-0.2, 0) is 19.4 Å². The summed E-state index contributed by atoms with van der Waals surface area (Å²) in [5.41, 5.74) is 5.77. The number of rotatable bonds is 5. The van der Waals surface area contributed by atoms with Crippen molar-refractivity contribution in [2.24, 2.45) is 11.7 Å². The van der Waals surface area contributed by atoms with Gasteiger partial charge in [0.25, 0.3) is 0 Å². The average Bonchev–Trinajstić information content (AvgIpc) is 3.27. The molecule has 21 heavy (non-hydrogen) atoms. The lowest BCUT2D eigenvalue weighted by atomic mass is 10.2. The third-order valence-corrected chi connectivity index (χ3v) is 4.92. The van der Waals surface area contributed by atoms with Crippen molar-refractivity contribution >= 4 is 21.7 Å². The zero-order valence-corrected chi connectivity index (χ0v) is 13.1. The van der Waals surface area contributed by atoms with E-state index in [-0.39, 0.29) is 29.9 Å². The van der Waals surface area contributed by atoms with E-state index in [4.69, 9.17) is 5.73 Å². The lowest BCUT2D eigenvalue weighted by Gasteiger charge is -2.36. The van der Waals surface area contributed by atoms with E-state index in [2.05, 4.69) is 0 Å². The molecule has 8 heteroatoms. The highest BCUT2D eigenvalue weighted by molar-refractivity contribution is 7.90. The first-order valence-electron chi connectivity index (χ1n) is 7.29. The molecule has 2 rings (SSSR count). The fourth-order valence-electron chi connectivity index (χ4n) is 2.43. The monoisotopic (exact) mass is 317 g/mol. The number of nitrogens with two attached hydrogens (primary N) is 1. The maximum absolute atomic E-state index is 12.1. The molecular formula is C13H23N3O4S. The van der Waals surface area contributed by atoms with E-state index in [1.54, 1.807) is 4.90 Å². The molecule has 0 aromatic carbocycles. The number of hydrogen-bond acceptors (Lipinski definition) is 5. The van der Waals surface area contributed by atoms with E-state index in [1.807, 2.05) is 4.90 Å². The van der Waals surface area contributed by atoms with Gasteiger partial charge in [-0.15, -0.1) is 0 Å². The van der Waals surface area contributed by atoms with Crippen molar-refractivity contribution in [3.8, 4) is 0 Å². The van der Waals surface area contributed by atoms with Crippen LogP contribution in [0.25, 0.3) is 0 Å². The number of amides is 2. The second kappa shape index (κ2) is 6.31. The first-order chi connectivity index (χ1) is 9.78. The summed E-state index contributed by atoms with van der Waals surface area (Å²) in [6.07, 6.45) is 3.23. The van der Waals surface area contributed by atoms with Gasteiger partial charge in [0, 0.05) is 38.4 Å². The molecule has 1 aliphatic heterocycles. The fourth-order valence-corrected chi connectivity index (χ4v) is 3.12. The molecule has 1 aliphatic carbocycles. The Morgan fingerprint density at radius 3 is 2.14 bits per heavy atom. The van der Waals surface area contributed by atoms with Crippen LogP contribution in [0, 0.1) is 5.92 Å². The summed E-state index contributed by atoms with van der Waals surface area (Å²) in [5.74, 6) is 0.0879. The van der Waals surface area contributed by atoms with Crippen molar-refractivity contribution in [1.82, 2.24) is 9.80 Å². The Bertz CT molecular complexity index is 508. The molecule has 0 aromatic rings. The fraction of sp³-hybridized carbons (Fsp3) is 0.846. The smallest absolute Gasteiger partial charge is 0.239 e. The van der Waals surface area contributed by atoms with Gasteiger partial charge in [-0.1, -0.05) is 0 Å². The predicted molar refractivity (Wildman–Crippen MR) is 78.2 cm³/mol. The normalized spacial score (nSPS) is 21.2. The molecule has 120 valence electrons. The van der Waals surface area contributed by atoms with Crippen LogP contribution in [0.2, 0.25) is 0 Å². The molecule has 0 spiro atoms. The van der Waals surface area contributed by atoms with Crippen LogP contribution in [0.3, 0.4) is 0 Å². The highest BCUT2D eigenvalue weighted by Gasteiger charge is 2.35. The predicted octanol–water partition coefficient (Wildman–Crippen LogP) is -1.17. The Balaban J connectivity index is 1.78. The molecule has 1 atom stereocenters. The van der Waals surface area contributed by atoms with Crippen molar-refractivity contribution < 1.29 is 18.0 Å². The number of carbonyl (C=O) groups is 2. The van der Waals surface area contributed by atoms with Crippen LogP contribution >= 0.6 is 0 Å². The van der Waals surface area contributed by atoms with Gasteiger partial charge in [-0.3, -0.25) is 9.59 Å². The van der Waals surface area contributed by atoms with E-state index < -0.39 is 15.9 Å². The summed E-state index contributed by atoms with van der Waals surface area (Å²) >= 11 is 0. The Morgan fingerprint density at radius 2 is 1.67 bits per heavy atom. The van der Waals surface area contributed by atoms with Gasteiger partial charge in [-0.25, -0.2) is 8.42 Å². The van der Waals surface area contributed by atoms with Crippen molar-refractivity contribution in [1.29, 1.82) is 0 Å². The summed E-state index contributed by atoms with van der Waals surface area (Å²) in [6, 6.07) is -0.787. The minimum Gasteiger partial charge on any atom is -0.339 e. The maximum Gasteiger partial charge on any atom is 0.239 e. The Morgan fingerprint density at radius 1 is 1.14 bits per heavy atom. The molecule has 2 fully saturated rings. The molecule has 1 saturated carbocycles. The molecule has 0 aromatic heterocycles. The first-order valence-corrected chi connectivity index (χ1v) is 9.35. The summed E-state index contributed by atoms with van der Waals surface area (Å²) in [5, 5.41) is 0. The Kier molecular flexibility index (Phi) is 4.88. The second-order valence-electron chi connectivity index (χ2n) is 5.95. The molecule has 0 radical (unpaired) electrons. The van der Waals surface area contributed by atoms with Gasteiger partial charge in [0.2, 0.25) is 11.8 Å². The molecule has 0 bridgehead atoms. The zero-order chi connectivity index (χ0) is 15.6. The third-order valence-electron chi connectivity index (χ3n) is 3.95. The molecule has 7 nitrogen and oxygen atoms in total. The average molecular weight is 317 g/mol. The Hall–Kier alpha value is -1.15. The van der Waals surface area contributed by atoms with Crippen LogP contribution in [0.1, 0.15) is 19.3 Å². The van der Waals surface area contributed by atoms with Crippen LogP contribution in [-0.4, -0.2) is 74.3 Å². The highest BCUT2D eigenvalue weighted by Crippen LogP contribution is 2.31. The van der Waals surface area contributed by atoms with Crippen molar-refractivity contribution in [3.63, 3.8) is 0 Å². The Labute approximate surface area is 125 Å². The van der Waals surface area contributed by atoms with Crippen molar-refractivity contribution in [2.45, 2.75) is 25.3 Å². The van der Waals surface area contributed by atoms with Gasteiger partial charge in [0.1, 0.15) is 9.84 Å². The summed E-state index contributed by atoms with van der Waals surface area (Å²) < 4.78 is 22.2. The van der Waals surface area contributed by atoms with Crippen molar-refractivity contribution in [2.75, 3.05) is 38.2 Å². The molecular weight excluding hydrogens is 294 g/mol. The number of hydrogen-bond donors (Lipinski definition) is 1. The zero-order valence-electron chi connectivity index (χ0n) is 12.3. The number of nitrogens with zero attached hydrogens (tertiary/aromatic N) is 2. The minimum atomic E-state index is -3.11. The molecule has 2 aliphatic rings. The highest BCUT2D eigenvalue weighted by atomic mass is 32.2. The third kappa shape index (κ3) is 4.67. The van der Waals surface area contributed by atoms with Crippen LogP contribution in [0.5, 0.6) is 0 Å². The number of carbonyl (C=O) groups excluding carboxylic acids is 2. The van der Waals surface area contributed by atoms with E-state index in [9.17, 15) is 18.0 Å². The van der Waals surface area contributed by atoms with Gasteiger partial charge in [-0.2, -0.15) is 0 Å². The van der Waals surface area contributed by atoms with Gasteiger partial charge >= 0.3 is 0 Å². The SMILES string of the molecule is CS(=O)(=O)CCC(N)C(=O)N1CCN(C(=O)C2CC2)CC1. The molecule has 2 amide bonds. The molecule has 1 heterocycles. The quantitative estimate of drug-likeness (QED) is 0.688. The van der Waals surface area contributed by atoms with Gasteiger partial charge in [-0.05, 0) is 19.3 Å².